The minimum absolute atomic E-state index is 0.00967. The van der Waals surface area contributed by atoms with Gasteiger partial charge >= 0.3 is 0 Å². The summed E-state index contributed by atoms with van der Waals surface area (Å²) in [4.78, 5) is 15.0. The van der Waals surface area contributed by atoms with Crippen LogP contribution in [0.5, 0.6) is 0 Å². The molecule has 0 spiro atoms. The molecule has 0 radical (unpaired) electrons. The van der Waals surface area contributed by atoms with E-state index in [2.05, 4.69) is 27.7 Å². The van der Waals surface area contributed by atoms with Gasteiger partial charge in [-0.25, -0.2) is 0 Å². The van der Waals surface area contributed by atoms with E-state index in [9.17, 15) is 76.6 Å². The summed E-state index contributed by atoms with van der Waals surface area (Å²) < 4.78 is 47.9. The monoisotopic (exact) mass is 1140 g/mol. The molecule has 3 unspecified atom stereocenters. The molecule has 0 aromatic heterocycles. The van der Waals surface area contributed by atoms with Crippen LogP contribution in [0.3, 0.4) is 0 Å². The SMILES string of the molecule is C[C@H](CC[C@@H](O[C@@H]1O[C@H](CO[C@H]2O[C@H](CO)[C@@H](O)[C@H](O)[C@H]2O)[C@@H](O)[C@H](O)[C@H]1O[C@@H]1O[C@H](CO)[C@@H](O)[C@H](O)[C@H]1O)C(C)(C)O)C1CC[C@@]2(C)C3C(=O)C=C4C(CC[C@H](O[C@@H]5O[C@H](CCO)[C@@H](O)[C@H](O)[C@H]5O)C4(C)C)[C@]3(C)CC[C@]12C. The molecule has 29 atom stereocenters. The van der Waals surface area contributed by atoms with Gasteiger partial charge in [0.15, 0.2) is 30.9 Å². The molecule has 456 valence electrons. The molecule has 8 aliphatic rings. The number of rotatable bonds is 18. The quantitative estimate of drug-likeness (QED) is 0.0667. The van der Waals surface area contributed by atoms with Gasteiger partial charge in [-0.2, -0.15) is 0 Å². The van der Waals surface area contributed by atoms with E-state index in [1.165, 1.54) is 13.8 Å². The van der Waals surface area contributed by atoms with E-state index in [0.717, 1.165) is 31.3 Å². The van der Waals surface area contributed by atoms with Crippen LogP contribution in [0.15, 0.2) is 11.6 Å². The van der Waals surface area contributed by atoms with E-state index >= 15 is 4.79 Å². The minimum atomic E-state index is -1.94. The van der Waals surface area contributed by atoms with Crippen molar-refractivity contribution in [2.24, 2.45) is 45.3 Å². The molecule has 4 aliphatic heterocycles. The van der Waals surface area contributed by atoms with Gasteiger partial charge in [-0.1, -0.05) is 47.1 Å². The summed E-state index contributed by atoms with van der Waals surface area (Å²) in [5, 5.41) is 160. The zero-order valence-corrected chi connectivity index (χ0v) is 46.7. The summed E-state index contributed by atoms with van der Waals surface area (Å²) in [6.45, 7) is 13.6. The zero-order valence-electron chi connectivity index (χ0n) is 46.7. The summed E-state index contributed by atoms with van der Waals surface area (Å²) in [5.74, 6) is -0.0488. The normalized spacial score (nSPS) is 50.0. The number of ketones is 1. The van der Waals surface area contributed by atoms with Crippen LogP contribution < -0.4 is 0 Å². The maximum absolute atomic E-state index is 15.0. The van der Waals surface area contributed by atoms with E-state index in [-0.39, 0.29) is 54.3 Å². The highest BCUT2D eigenvalue weighted by Crippen LogP contribution is 2.74. The molecule has 7 fully saturated rings. The van der Waals surface area contributed by atoms with Crippen molar-refractivity contribution in [3.05, 3.63) is 11.6 Å². The molecule has 79 heavy (non-hydrogen) atoms. The van der Waals surface area contributed by atoms with Crippen molar-refractivity contribution in [2.45, 2.75) is 254 Å². The topological polar surface area (TPSA) is 394 Å². The molecule has 15 N–H and O–H groups in total. The van der Waals surface area contributed by atoms with Gasteiger partial charge in [-0.05, 0) is 112 Å². The van der Waals surface area contributed by atoms with Crippen molar-refractivity contribution in [1.82, 2.24) is 0 Å². The third-order valence-electron chi connectivity index (χ3n) is 20.7. The van der Waals surface area contributed by atoms with Crippen molar-refractivity contribution in [3.8, 4) is 0 Å². The third kappa shape index (κ3) is 11.5. The second kappa shape index (κ2) is 24.1. The number of hydrogen-bond donors (Lipinski definition) is 15. The molecule has 24 heteroatoms. The fourth-order valence-electron chi connectivity index (χ4n) is 15.6. The molecule has 0 aromatic carbocycles. The second-order valence-corrected chi connectivity index (χ2v) is 26.1. The molecule has 0 aromatic rings. The smallest absolute Gasteiger partial charge is 0.187 e. The summed E-state index contributed by atoms with van der Waals surface area (Å²) in [7, 11) is 0. The van der Waals surface area contributed by atoms with E-state index in [4.69, 9.17) is 37.9 Å². The third-order valence-corrected chi connectivity index (χ3v) is 20.7. The highest BCUT2D eigenvalue weighted by molar-refractivity contribution is 5.95. The maximum atomic E-state index is 15.0. The molecule has 24 nitrogen and oxygen atoms in total. The van der Waals surface area contributed by atoms with Crippen molar-refractivity contribution >= 4 is 5.78 Å². The molecular weight excluding hydrogens is 1040 g/mol. The van der Waals surface area contributed by atoms with Crippen LogP contribution in [-0.2, 0) is 42.7 Å². The van der Waals surface area contributed by atoms with E-state index in [1.807, 2.05) is 19.9 Å². The Morgan fingerprint density at radius 1 is 0.608 bits per heavy atom. The molecule has 4 heterocycles. The Bertz CT molecular complexity index is 2090. The first-order valence-electron chi connectivity index (χ1n) is 28.4. The number of carbonyl (C=O) groups excluding carboxylic acids is 1. The van der Waals surface area contributed by atoms with Crippen molar-refractivity contribution < 1.29 is 119 Å². The van der Waals surface area contributed by atoms with E-state index in [0.29, 0.717) is 19.3 Å². The van der Waals surface area contributed by atoms with Crippen LogP contribution in [0.1, 0.15) is 113 Å². The van der Waals surface area contributed by atoms with Crippen LogP contribution in [0.25, 0.3) is 0 Å². The highest BCUT2D eigenvalue weighted by Gasteiger charge is 2.70. The zero-order chi connectivity index (χ0) is 58.2. The van der Waals surface area contributed by atoms with Crippen LogP contribution in [0, 0.1) is 45.3 Å². The van der Waals surface area contributed by atoms with Crippen molar-refractivity contribution in [2.75, 3.05) is 26.4 Å². The first-order chi connectivity index (χ1) is 36.9. The molecule has 3 saturated carbocycles. The number of hydrogen-bond acceptors (Lipinski definition) is 24. The summed E-state index contributed by atoms with van der Waals surface area (Å²) >= 11 is 0. The Morgan fingerprint density at radius 3 is 1.72 bits per heavy atom. The summed E-state index contributed by atoms with van der Waals surface area (Å²) in [5.41, 5.74) is -2.40. The van der Waals surface area contributed by atoms with E-state index in [1.54, 1.807) is 0 Å². The maximum Gasteiger partial charge on any atom is 0.187 e. The first kappa shape index (κ1) is 63.5. The van der Waals surface area contributed by atoms with Crippen LogP contribution >= 0.6 is 0 Å². The molecule has 0 amide bonds. The molecule has 4 saturated heterocycles. The lowest BCUT2D eigenvalue weighted by Gasteiger charge is -2.65. The van der Waals surface area contributed by atoms with Gasteiger partial charge in [-0.3, -0.25) is 4.79 Å². The Morgan fingerprint density at radius 2 is 1.14 bits per heavy atom. The average molecular weight is 1140 g/mol. The predicted molar refractivity (Wildman–Crippen MR) is 271 cm³/mol. The van der Waals surface area contributed by atoms with Gasteiger partial charge in [0, 0.05) is 17.9 Å². The molecule has 4 aliphatic carbocycles. The molecular formula is C55H92O24. The van der Waals surface area contributed by atoms with Crippen LogP contribution in [0.2, 0.25) is 0 Å². The predicted octanol–water partition coefficient (Wildman–Crippen LogP) is -2.63. The van der Waals surface area contributed by atoms with Crippen molar-refractivity contribution in [1.29, 1.82) is 0 Å². The highest BCUT2D eigenvalue weighted by atomic mass is 16.8. The van der Waals surface area contributed by atoms with Crippen LogP contribution in [0.4, 0.5) is 0 Å². The van der Waals surface area contributed by atoms with Crippen LogP contribution in [-0.4, -0.2) is 249 Å². The lowest BCUT2D eigenvalue weighted by Crippen LogP contribution is -2.65. The van der Waals surface area contributed by atoms with Crippen molar-refractivity contribution in [3.63, 3.8) is 0 Å². The number of aliphatic hydroxyl groups excluding tert-OH is 14. The van der Waals surface area contributed by atoms with E-state index < -0.39 is 177 Å². The number of ether oxygens (including phenoxy) is 8. The number of carbonyl (C=O) groups is 1. The Kier molecular flexibility index (Phi) is 19.4. The second-order valence-electron chi connectivity index (χ2n) is 26.1. The van der Waals surface area contributed by atoms with Gasteiger partial charge in [0.2, 0.25) is 0 Å². The summed E-state index contributed by atoms with van der Waals surface area (Å²) in [6, 6.07) is 0. The van der Waals surface area contributed by atoms with Gasteiger partial charge in [-0.15, -0.1) is 0 Å². The number of allylic oxidation sites excluding steroid dienone is 1. The molecule has 0 bridgehead atoms. The standard InChI is InChI=1S/C55H92O24/c1-23(24-13-15-55(8)46-27(59)19-26-25(53(46,6)16-17-54(24,55)7)10-12-32(51(26,2)3)77-48-43(69)38(64)34(60)28(73-48)14-18-56)9-11-33(52(4,5)71)78-50-45(79-49-44(70)40(66)36(62)30(21-58)75-49)41(67)37(63)31(76-50)22-72-47-42(68)39(65)35(61)29(20-57)74-47/h19,23-25,28-50,56-58,60-71H,9-18,20-22H2,1-8H3/t23-,24?,25?,28-,29-,30-,31-,32+,33-,34-,35-,36-,37-,38+,39+,40+,41+,42-,43-,44-,45-,46?,47+,48+,49+,50+,53+,54-,55+/m1/s1. The Balaban J connectivity index is 0.985. The number of aliphatic hydroxyl groups is 15. The average Bonchev–Trinajstić information content (AvgIpc) is 3.46. The Labute approximate surface area is 461 Å². The summed E-state index contributed by atoms with van der Waals surface area (Å²) in [6.07, 6.45) is -26.9. The minimum Gasteiger partial charge on any atom is -0.396 e. The lowest BCUT2D eigenvalue weighted by molar-refractivity contribution is -0.380. The number of fused-ring (bicyclic) bond motifs is 5. The van der Waals surface area contributed by atoms with Gasteiger partial charge < -0.3 is 114 Å². The van der Waals surface area contributed by atoms with Gasteiger partial charge in [0.05, 0.1) is 43.7 Å². The fraction of sp³-hybridized carbons (Fsp3) is 0.945. The molecule has 8 rings (SSSR count). The lowest BCUT2D eigenvalue weighted by atomic mass is 9.39. The first-order valence-corrected chi connectivity index (χ1v) is 28.4. The van der Waals surface area contributed by atoms with Gasteiger partial charge in [0.1, 0.15) is 91.6 Å². The largest absolute Gasteiger partial charge is 0.396 e. The fourth-order valence-corrected chi connectivity index (χ4v) is 15.6. The van der Waals surface area contributed by atoms with Gasteiger partial charge in [0.25, 0.3) is 0 Å². The Hall–Kier alpha value is -1.51.